The number of rotatable bonds is 2. The predicted molar refractivity (Wildman–Crippen MR) is 78.3 cm³/mol. The van der Waals surface area contributed by atoms with Crippen LogP contribution in [0.1, 0.15) is 16.1 Å². The number of benzene rings is 1. The number of nitrogens with one attached hydrogen (secondary N) is 1. The van der Waals surface area contributed by atoms with E-state index in [1.165, 1.54) is 12.4 Å². The highest BCUT2D eigenvalue weighted by Crippen LogP contribution is 2.20. The number of nitrogen functional groups attached to an aromatic ring is 1. The first-order chi connectivity index (χ1) is 8.58. The van der Waals surface area contributed by atoms with Crippen LogP contribution in [0.25, 0.3) is 0 Å². The highest BCUT2D eigenvalue weighted by atomic mass is 127. The topological polar surface area (TPSA) is 80.9 Å². The monoisotopic (exact) mass is 354 g/mol. The van der Waals surface area contributed by atoms with Crippen LogP contribution >= 0.6 is 22.6 Å². The molecule has 0 aliphatic rings. The summed E-state index contributed by atoms with van der Waals surface area (Å²) >= 11 is 2.22. The minimum absolute atomic E-state index is 0.202. The molecule has 0 saturated carbocycles. The van der Waals surface area contributed by atoms with E-state index in [9.17, 15) is 4.79 Å². The van der Waals surface area contributed by atoms with Gasteiger partial charge in [0.05, 0.1) is 12.4 Å². The Kier molecular flexibility index (Phi) is 3.75. The van der Waals surface area contributed by atoms with E-state index >= 15 is 0 Å². The summed E-state index contributed by atoms with van der Waals surface area (Å²) in [5.74, 6) is -0.0954. The zero-order valence-electron chi connectivity index (χ0n) is 9.64. The van der Waals surface area contributed by atoms with Crippen molar-refractivity contribution < 1.29 is 4.79 Å². The molecule has 92 valence electrons. The van der Waals surface area contributed by atoms with E-state index in [1.54, 1.807) is 0 Å². The molecule has 0 saturated heterocycles. The van der Waals surface area contributed by atoms with Gasteiger partial charge in [0.2, 0.25) is 0 Å². The van der Waals surface area contributed by atoms with Gasteiger partial charge in [-0.2, -0.15) is 0 Å². The standard InChI is InChI=1S/C12H11IN4O/c1-7-8(13)3-2-4-9(7)17-12(18)10-5-15-6-11(14)16-10/h2-6H,1H3,(H2,14,16)(H,17,18). The molecule has 0 unspecified atom stereocenters. The first kappa shape index (κ1) is 12.7. The summed E-state index contributed by atoms with van der Waals surface area (Å²) in [5.41, 5.74) is 7.47. The fraction of sp³-hybridized carbons (Fsp3) is 0.0833. The normalized spacial score (nSPS) is 10.1. The number of anilines is 2. The number of carbonyl (C=O) groups is 1. The van der Waals surface area contributed by atoms with Gasteiger partial charge in [-0.1, -0.05) is 6.07 Å². The second-order valence-corrected chi connectivity index (χ2v) is 4.86. The quantitative estimate of drug-likeness (QED) is 0.811. The molecular formula is C12H11IN4O. The molecule has 0 radical (unpaired) electrons. The molecule has 1 amide bonds. The van der Waals surface area contributed by atoms with Crippen LogP contribution in [0.3, 0.4) is 0 Å². The maximum Gasteiger partial charge on any atom is 0.275 e. The fourth-order valence-corrected chi connectivity index (χ4v) is 1.92. The van der Waals surface area contributed by atoms with Crippen LogP contribution in [0.2, 0.25) is 0 Å². The lowest BCUT2D eigenvalue weighted by atomic mass is 10.2. The highest BCUT2D eigenvalue weighted by Gasteiger charge is 2.10. The summed E-state index contributed by atoms with van der Waals surface area (Å²) in [6.45, 7) is 1.95. The van der Waals surface area contributed by atoms with Crippen molar-refractivity contribution in [2.24, 2.45) is 0 Å². The van der Waals surface area contributed by atoms with E-state index < -0.39 is 0 Å². The molecule has 2 rings (SSSR count). The number of hydrogen-bond donors (Lipinski definition) is 2. The molecule has 0 aliphatic heterocycles. The molecule has 0 bridgehead atoms. The number of aromatic nitrogens is 2. The fourth-order valence-electron chi connectivity index (χ4n) is 1.42. The second kappa shape index (κ2) is 5.30. The van der Waals surface area contributed by atoms with Crippen LogP contribution in [0.4, 0.5) is 11.5 Å². The summed E-state index contributed by atoms with van der Waals surface area (Å²) in [6, 6.07) is 5.70. The second-order valence-electron chi connectivity index (χ2n) is 3.70. The van der Waals surface area contributed by atoms with Crippen molar-refractivity contribution >= 4 is 40.0 Å². The van der Waals surface area contributed by atoms with Crippen molar-refractivity contribution in [2.75, 3.05) is 11.1 Å². The van der Waals surface area contributed by atoms with Gasteiger partial charge in [0.25, 0.3) is 5.91 Å². The first-order valence-electron chi connectivity index (χ1n) is 5.22. The molecular weight excluding hydrogens is 343 g/mol. The molecule has 0 spiro atoms. The number of carbonyl (C=O) groups excluding carboxylic acids is 1. The molecule has 5 nitrogen and oxygen atoms in total. The predicted octanol–water partition coefficient (Wildman–Crippen LogP) is 2.22. The Bertz CT molecular complexity index is 600. The van der Waals surface area contributed by atoms with Crippen molar-refractivity contribution in [2.45, 2.75) is 6.92 Å². The minimum Gasteiger partial charge on any atom is -0.382 e. The maximum atomic E-state index is 12.0. The lowest BCUT2D eigenvalue weighted by molar-refractivity contribution is 0.102. The molecule has 1 aromatic heterocycles. The van der Waals surface area contributed by atoms with Crippen LogP contribution in [-0.2, 0) is 0 Å². The van der Waals surface area contributed by atoms with Crippen LogP contribution in [0.15, 0.2) is 30.6 Å². The van der Waals surface area contributed by atoms with E-state index in [4.69, 9.17) is 5.73 Å². The number of amides is 1. The molecule has 1 heterocycles. The Morgan fingerprint density at radius 1 is 1.39 bits per heavy atom. The number of halogens is 1. The van der Waals surface area contributed by atoms with Crippen LogP contribution in [-0.4, -0.2) is 15.9 Å². The summed E-state index contributed by atoms with van der Waals surface area (Å²) in [5, 5.41) is 2.79. The molecule has 18 heavy (non-hydrogen) atoms. The molecule has 2 aromatic rings. The van der Waals surface area contributed by atoms with Gasteiger partial charge in [-0.15, -0.1) is 0 Å². The van der Waals surface area contributed by atoms with E-state index in [0.29, 0.717) is 0 Å². The van der Waals surface area contributed by atoms with Crippen molar-refractivity contribution in [3.8, 4) is 0 Å². The van der Waals surface area contributed by atoms with Crippen molar-refractivity contribution in [3.63, 3.8) is 0 Å². The van der Waals surface area contributed by atoms with Gasteiger partial charge in [0.1, 0.15) is 11.5 Å². The van der Waals surface area contributed by atoms with Crippen molar-refractivity contribution in [1.82, 2.24) is 9.97 Å². The Balaban J connectivity index is 2.24. The van der Waals surface area contributed by atoms with Gasteiger partial charge in [-0.3, -0.25) is 9.78 Å². The summed E-state index contributed by atoms with van der Waals surface area (Å²) in [7, 11) is 0. The number of nitrogens with zero attached hydrogens (tertiary/aromatic N) is 2. The largest absolute Gasteiger partial charge is 0.382 e. The van der Waals surface area contributed by atoms with Crippen molar-refractivity contribution in [1.29, 1.82) is 0 Å². The number of hydrogen-bond acceptors (Lipinski definition) is 4. The third kappa shape index (κ3) is 2.76. The maximum absolute atomic E-state index is 12.0. The number of nitrogens with two attached hydrogens (primary N) is 1. The Morgan fingerprint density at radius 3 is 2.89 bits per heavy atom. The van der Waals surface area contributed by atoms with Gasteiger partial charge in [0.15, 0.2) is 0 Å². The van der Waals surface area contributed by atoms with Crippen LogP contribution in [0, 0.1) is 10.5 Å². The average molecular weight is 354 g/mol. The molecule has 0 atom stereocenters. The zero-order chi connectivity index (χ0) is 13.1. The third-order valence-corrected chi connectivity index (χ3v) is 3.57. The van der Waals surface area contributed by atoms with Crippen LogP contribution in [0.5, 0.6) is 0 Å². The first-order valence-corrected chi connectivity index (χ1v) is 6.30. The zero-order valence-corrected chi connectivity index (χ0v) is 11.8. The van der Waals surface area contributed by atoms with Gasteiger partial charge < -0.3 is 11.1 Å². The SMILES string of the molecule is Cc1c(I)cccc1NC(=O)c1cncc(N)n1. The molecule has 3 N–H and O–H groups in total. The van der Waals surface area contributed by atoms with E-state index in [0.717, 1.165) is 14.8 Å². The molecule has 0 fully saturated rings. The third-order valence-electron chi connectivity index (χ3n) is 2.40. The lowest BCUT2D eigenvalue weighted by Crippen LogP contribution is -2.15. The smallest absolute Gasteiger partial charge is 0.275 e. The van der Waals surface area contributed by atoms with Crippen LogP contribution < -0.4 is 11.1 Å². The summed E-state index contributed by atoms with van der Waals surface area (Å²) in [4.78, 5) is 19.7. The molecule has 6 heteroatoms. The van der Waals surface area contributed by atoms with E-state index in [1.807, 2.05) is 25.1 Å². The Labute approximate surface area is 118 Å². The van der Waals surface area contributed by atoms with Gasteiger partial charge in [-0.05, 0) is 47.2 Å². The van der Waals surface area contributed by atoms with E-state index in [-0.39, 0.29) is 17.4 Å². The highest BCUT2D eigenvalue weighted by molar-refractivity contribution is 14.1. The van der Waals surface area contributed by atoms with E-state index in [2.05, 4.69) is 37.9 Å². The van der Waals surface area contributed by atoms with Gasteiger partial charge >= 0.3 is 0 Å². The lowest BCUT2D eigenvalue weighted by Gasteiger charge is -2.09. The van der Waals surface area contributed by atoms with Crippen molar-refractivity contribution in [3.05, 3.63) is 45.4 Å². The Morgan fingerprint density at radius 2 is 2.17 bits per heavy atom. The molecule has 0 aliphatic carbocycles. The minimum atomic E-state index is -0.320. The Hall–Kier alpha value is -1.70. The molecule has 1 aromatic carbocycles. The average Bonchev–Trinajstić information content (AvgIpc) is 2.35. The van der Waals surface area contributed by atoms with Gasteiger partial charge in [-0.25, -0.2) is 4.98 Å². The summed E-state index contributed by atoms with van der Waals surface area (Å²) < 4.78 is 1.09. The van der Waals surface area contributed by atoms with Gasteiger partial charge in [0, 0.05) is 9.26 Å². The summed E-state index contributed by atoms with van der Waals surface area (Å²) in [6.07, 6.45) is 2.78.